The first kappa shape index (κ1) is 12.6. The number of hydrogen-bond acceptors (Lipinski definition) is 3. The molecule has 1 unspecified atom stereocenters. The molecule has 94 valence electrons. The highest BCUT2D eigenvalue weighted by Crippen LogP contribution is 2.50. The minimum Gasteiger partial charge on any atom is -0.327 e. The maximum absolute atomic E-state index is 11.3. The van der Waals surface area contributed by atoms with Crippen LogP contribution in [0.5, 0.6) is 0 Å². The van der Waals surface area contributed by atoms with Gasteiger partial charge in [-0.05, 0) is 30.9 Å². The van der Waals surface area contributed by atoms with Crippen molar-refractivity contribution in [3.05, 3.63) is 35.4 Å². The van der Waals surface area contributed by atoms with Crippen LogP contribution in [-0.2, 0) is 21.0 Å². The molecule has 1 saturated carbocycles. The van der Waals surface area contributed by atoms with Gasteiger partial charge in [0, 0.05) is 17.7 Å². The summed E-state index contributed by atoms with van der Waals surface area (Å²) in [5.41, 5.74) is 8.16. The standard InChI is InChI=1S/C13H19NO2S/c1-10(14)13(6-7-13)12-5-3-4-11(8-12)9-17(2,15)16/h3-5,8,10H,6-7,9,14H2,1-2H3. The Morgan fingerprint density at radius 2 is 2.06 bits per heavy atom. The molecule has 0 heterocycles. The van der Waals surface area contributed by atoms with Crippen molar-refractivity contribution >= 4 is 9.84 Å². The lowest BCUT2D eigenvalue weighted by Gasteiger charge is -2.20. The van der Waals surface area contributed by atoms with Crippen molar-refractivity contribution in [3.63, 3.8) is 0 Å². The van der Waals surface area contributed by atoms with Crippen LogP contribution in [0.2, 0.25) is 0 Å². The molecule has 17 heavy (non-hydrogen) atoms. The van der Waals surface area contributed by atoms with Crippen LogP contribution in [0.25, 0.3) is 0 Å². The van der Waals surface area contributed by atoms with E-state index >= 15 is 0 Å². The molecule has 3 nitrogen and oxygen atoms in total. The topological polar surface area (TPSA) is 60.2 Å². The van der Waals surface area contributed by atoms with Crippen LogP contribution < -0.4 is 5.73 Å². The fourth-order valence-corrected chi connectivity index (χ4v) is 3.20. The first-order chi connectivity index (χ1) is 7.83. The largest absolute Gasteiger partial charge is 0.327 e. The summed E-state index contributed by atoms with van der Waals surface area (Å²) in [7, 11) is -2.97. The monoisotopic (exact) mass is 253 g/mol. The average Bonchev–Trinajstić information content (AvgIpc) is 2.95. The smallest absolute Gasteiger partial charge is 0.151 e. The van der Waals surface area contributed by atoms with Gasteiger partial charge in [-0.2, -0.15) is 0 Å². The quantitative estimate of drug-likeness (QED) is 0.887. The van der Waals surface area contributed by atoms with Crippen molar-refractivity contribution in [3.8, 4) is 0 Å². The maximum Gasteiger partial charge on any atom is 0.151 e. The third kappa shape index (κ3) is 2.69. The number of nitrogens with two attached hydrogens (primary N) is 1. The number of sulfone groups is 1. The lowest BCUT2D eigenvalue weighted by Crippen LogP contribution is -2.31. The Labute approximate surface area is 103 Å². The van der Waals surface area contributed by atoms with Crippen molar-refractivity contribution in [1.82, 2.24) is 0 Å². The van der Waals surface area contributed by atoms with Gasteiger partial charge in [-0.1, -0.05) is 24.3 Å². The van der Waals surface area contributed by atoms with Crippen LogP contribution in [0.3, 0.4) is 0 Å². The fraction of sp³-hybridized carbons (Fsp3) is 0.538. The molecule has 1 aliphatic carbocycles. The van der Waals surface area contributed by atoms with Gasteiger partial charge in [0.25, 0.3) is 0 Å². The summed E-state index contributed by atoms with van der Waals surface area (Å²) in [4.78, 5) is 0. The van der Waals surface area contributed by atoms with E-state index in [-0.39, 0.29) is 17.2 Å². The molecule has 1 atom stereocenters. The van der Waals surface area contributed by atoms with Crippen LogP contribution in [-0.4, -0.2) is 20.7 Å². The highest BCUT2D eigenvalue weighted by molar-refractivity contribution is 7.89. The number of rotatable bonds is 4. The zero-order chi connectivity index (χ0) is 12.7. The minimum atomic E-state index is -2.97. The van der Waals surface area contributed by atoms with E-state index in [1.54, 1.807) is 0 Å². The summed E-state index contributed by atoms with van der Waals surface area (Å²) in [5.74, 6) is 0.107. The van der Waals surface area contributed by atoms with Gasteiger partial charge in [0.15, 0.2) is 9.84 Å². The third-order valence-electron chi connectivity index (χ3n) is 3.59. The van der Waals surface area contributed by atoms with Crippen molar-refractivity contribution in [2.45, 2.75) is 37.0 Å². The van der Waals surface area contributed by atoms with E-state index in [1.165, 1.54) is 11.8 Å². The van der Waals surface area contributed by atoms with Crippen molar-refractivity contribution in [1.29, 1.82) is 0 Å². The summed E-state index contributed by atoms with van der Waals surface area (Å²) in [6.45, 7) is 2.02. The first-order valence-corrected chi connectivity index (χ1v) is 7.92. The van der Waals surface area contributed by atoms with Gasteiger partial charge in [-0.25, -0.2) is 8.42 Å². The van der Waals surface area contributed by atoms with Crippen molar-refractivity contribution in [2.24, 2.45) is 5.73 Å². The summed E-state index contributed by atoms with van der Waals surface area (Å²) in [5, 5.41) is 0. The van der Waals surface area contributed by atoms with Gasteiger partial charge in [0.05, 0.1) is 5.75 Å². The Balaban J connectivity index is 2.30. The molecule has 0 aromatic heterocycles. The van der Waals surface area contributed by atoms with Crippen LogP contribution in [0.15, 0.2) is 24.3 Å². The Hall–Kier alpha value is -0.870. The second kappa shape index (κ2) is 4.10. The summed E-state index contributed by atoms with van der Waals surface area (Å²) < 4.78 is 22.6. The summed E-state index contributed by atoms with van der Waals surface area (Å²) in [6.07, 6.45) is 3.47. The molecule has 0 aliphatic heterocycles. The van der Waals surface area contributed by atoms with Crippen LogP contribution in [0.4, 0.5) is 0 Å². The van der Waals surface area contributed by atoms with Crippen LogP contribution >= 0.6 is 0 Å². The van der Waals surface area contributed by atoms with Crippen molar-refractivity contribution < 1.29 is 8.42 Å². The second-order valence-corrected chi connectivity index (χ2v) is 7.36. The molecule has 0 spiro atoms. The third-order valence-corrected chi connectivity index (χ3v) is 4.45. The van der Waals surface area contributed by atoms with E-state index in [4.69, 9.17) is 5.73 Å². The van der Waals surface area contributed by atoms with E-state index in [2.05, 4.69) is 6.07 Å². The minimum absolute atomic E-state index is 0.0908. The Morgan fingerprint density at radius 3 is 2.53 bits per heavy atom. The predicted molar refractivity (Wildman–Crippen MR) is 69.6 cm³/mol. The molecule has 0 amide bonds. The predicted octanol–water partition coefficient (Wildman–Crippen LogP) is 1.61. The fourth-order valence-electron chi connectivity index (χ4n) is 2.42. The van der Waals surface area contributed by atoms with E-state index in [9.17, 15) is 8.42 Å². The van der Waals surface area contributed by atoms with Gasteiger partial charge in [0.1, 0.15) is 0 Å². The number of hydrogen-bond donors (Lipinski definition) is 1. The van der Waals surface area contributed by atoms with Gasteiger partial charge >= 0.3 is 0 Å². The maximum atomic E-state index is 11.3. The number of benzene rings is 1. The first-order valence-electron chi connectivity index (χ1n) is 5.86. The zero-order valence-electron chi connectivity index (χ0n) is 10.3. The Kier molecular flexibility index (Phi) is 3.04. The molecule has 1 aromatic carbocycles. The zero-order valence-corrected chi connectivity index (χ0v) is 11.1. The molecule has 1 fully saturated rings. The molecule has 0 radical (unpaired) electrons. The van der Waals surface area contributed by atoms with Gasteiger partial charge in [-0.15, -0.1) is 0 Å². The Bertz CT molecular complexity index is 516. The molecule has 0 bridgehead atoms. The highest BCUT2D eigenvalue weighted by atomic mass is 32.2. The summed E-state index contributed by atoms with van der Waals surface area (Å²) >= 11 is 0. The average molecular weight is 253 g/mol. The lowest BCUT2D eigenvalue weighted by atomic mass is 9.89. The van der Waals surface area contributed by atoms with E-state index in [0.29, 0.717) is 0 Å². The van der Waals surface area contributed by atoms with Gasteiger partial charge in [-0.3, -0.25) is 0 Å². The summed E-state index contributed by atoms with van der Waals surface area (Å²) in [6, 6.07) is 7.97. The van der Waals surface area contributed by atoms with Crippen LogP contribution in [0, 0.1) is 0 Å². The molecule has 2 N–H and O–H groups in total. The molecular formula is C13H19NO2S. The molecule has 0 saturated heterocycles. The van der Waals surface area contributed by atoms with E-state index in [1.807, 2.05) is 25.1 Å². The highest BCUT2D eigenvalue weighted by Gasteiger charge is 2.47. The lowest BCUT2D eigenvalue weighted by molar-refractivity contribution is 0.556. The molecular weight excluding hydrogens is 234 g/mol. The van der Waals surface area contributed by atoms with Gasteiger partial charge < -0.3 is 5.73 Å². The van der Waals surface area contributed by atoms with Crippen molar-refractivity contribution in [2.75, 3.05) is 6.26 Å². The van der Waals surface area contributed by atoms with Gasteiger partial charge in [0.2, 0.25) is 0 Å². The Morgan fingerprint density at radius 1 is 1.41 bits per heavy atom. The molecule has 2 rings (SSSR count). The van der Waals surface area contributed by atoms with E-state index < -0.39 is 9.84 Å². The second-order valence-electron chi connectivity index (χ2n) is 5.22. The molecule has 1 aromatic rings. The van der Waals surface area contributed by atoms with E-state index in [0.717, 1.165) is 18.4 Å². The SMILES string of the molecule is CC(N)C1(c2cccc(CS(C)(=O)=O)c2)CC1. The molecule has 4 heteroatoms. The molecule has 1 aliphatic rings. The normalized spacial score (nSPS) is 19.9. The van der Waals surface area contributed by atoms with Crippen LogP contribution in [0.1, 0.15) is 30.9 Å².